The molecule has 2 unspecified atom stereocenters. The summed E-state index contributed by atoms with van der Waals surface area (Å²) in [5.74, 6) is 0. The van der Waals surface area contributed by atoms with E-state index in [9.17, 15) is 0 Å². The standard InChI is InChI=1S/C10H19N3/c1-9(7-11)13-6-4-3-5-10(13)8-12-2/h9-10,12H,3-6,8H2,1-2H3. The maximum atomic E-state index is 8.86. The van der Waals surface area contributed by atoms with Gasteiger partial charge < -0.3 is 5.32 Å². The van der Waals surface area contributed by atoms with Gasteiger partial charge in [0.05, 0.1) is 12.1 Å². The van der Waals surface area contributed by atoms with Gasteiger partial charge in [-0.15, -0.1) is 0 Å². The van der Waals surface area contributed by atoms with Gasteiger partial charge in [-0.3, -0.25) is 4.90 Å². The normalized spacial score (nSPS) is 26.7. The van der Waals surface area contributed by atoms with Gasteiger partial charge in [-0.05, 0) is 33.4 Å². The van der Waals surface area contributed by atoms with Crippen molar-refractivity contribution in [3.8, 4) is 6.07 Å². The molecule has 74 valence electrons. The Hall–Kier alpha value is -0.590. The molecule has 0 amide bonds. The van der Waals surface area contributed by atoms with Crippen molar-refractivity contribution in [1.82, 2.24) is 10.2 Å². The summed E-state index contributed by atoms with van der Waals surface area (Å²) in [5, 5.41) is 12.1. The van der Waals surface area contributed by atoms with Crippen LogP contribution in [0.1, 0.15) is 26.2 Å². The van der Waals surface area contributed by atoms with E-state index in [1.165, 1.54) is 19.3 Å². The maximum absolute atomic E-state index is 8.86. The number of hydrogen-bond acceptors (Lipinski definition) is 3. The predicted molar refractivity (Wildman–Crippen MR) is 53.3 cm³/mol. The van der Waals surface area contributed by atoms with E-state index < -0.39 is 0 Å². The smallest absolute Gasteiger partial charge is 0.0952 e. The van der Waals surface area contributed by atoms with E-state index in [2.05, 4.69) is 16.3 Å². The fraction of sp³-hybridized carbons (Fsp3) is 0.900. The van der Waals surface area contributed by atoms with E-state index in [1.54, 1.807) is 0 Å². The number of nitrogens with one attached hydrogen (secondary N) is 1. The fourth-order valence-electron chi connectivity index (χ4n) is 2.06. The van der Waals surface area contributed by atoms with Gasteiger partial charge in [0, 0.05) is 12.6 Å². The summed E-state index contributed by atoms with van der Waals surface area (Å²) in [4.78, 5) is 2.32. The lowest BCUT2D eigenvalue weighted by atomic mass is 10.0. The van der Waals surface area contributed by atoms with Crippen LogP contribution in [-0.4, -0.2) is 37.1 Å². The highest BCUT2D eigenvalue weighted by Crippen LogP contribution is 2.18. The van der Waals surface area contributed by atoms with E-state index in [0.717, 1.165) is 13.1 Å². The molecule has 1 heterocycles. The first-order chi connectivity index (χ1) is 6.29. The third-order valence-electron chi connectivity index (χ3n) is 2.80. The second kappa shape index (κ2) is 5.21. The van der Waals surface area contributed by atoms with Crippen LogP contribution < -0.4 is 5.32 Å². The third kappa shape index (κ3) is 2.68. The Labute approximate surface area is 80.7 Å². The molecule has 0 aromatic heterocycles. The fourth-order valence-corrected chi connectivity index (χ4v) is 2.06. The molecular weight excluding hydrogens is 162 g/mol. The average Bonchev–Trinajstić information content (AvgIpc) is 2.18. The molecular formula is C10H19N3. The largest absolute Gasteiger partial charge is 0.318 e. The van der Waals surface area contributed by atoms with Crippen LogP contribution in [-0.2, 0) is 0 Å². The Balaban J connectivity index is 2.51. The van der Waals surface area contributed by atoms with Crippen molar-refractivity contribution in [2.45, 2.75) is 38.3 Å². The quantitative estimate of drug-likeness (QED) is 0.705. The predicted octanol–water partition coefficient (Wildman–Crippen LogP) is 0.972. The van der Waals surface area contributed by atoms with Crippen LogP contribution in [0.3, 0.4) is 0 Å². The summed E-state index contributed by atoms with van der Waals surface area (Å²) in [6.45, 7) is 4.08. The molecule has 3 nitrogen and oxygen atoms in total. The second-order valence-electron chi connectivity index (χ2n) is 3.75. The molecule has 0 aliphatic carbocycles. The van der Waals surface area contributed by atoms with E-state index in [-0.39, 0.29) is 6.04 Å². The molecule has 2 atom stereocenters. The van der Waals surface area contributed by atoms with Crippen LogP contribution >= 0.6 is 0 Å². The van der Waals surface area contributed by atoms with E-state index >= 15 is 0 Å². The molecule has 1 N–H and O–H groups in total. The van der Waals surface area contributed by atoms with Crippen molar-refractivity contribution in [2.24, 2.45) is 0 Å². The van der Waals surface area contributed by atoms with Crippen LogP contribution in [0.2, 0.25) is 0 Å². The minimum absolute atomic E-state index is 0.0682. The topological polar surface area (TPSA) is 39.1 Å². The number of piperidine rings is 1. The average molecular weight is 181 g/mol. The lowest BCUT2D eigenvalue weighted by Crippen LogP contribution is -2.48. The molecule has 0 aromatic rings. The Morgan fingerprint density at radius 2 is 2.38 bits per heavy atom. The molecule has 1 aliphatic rings. The molecule has 0 aromatic carbocycles. The monoisotopic (exact) mass is 181 g/mol. The lowest BCUT2D eigenvalue weighted by Gasteiger charge is -2.37. The molecule has 0 bridgehead atoms. The van der Waals surface area contributed by atoms with Crippen molar-refractivity contribution >= 4 is 0 Å². The van der Waals surface area contributed by atoms with E-state index in [0.29, 0.717) is 6.04 Å². The van der Waals surface area contributed by atoms with Gasteiger partial charge in [0.1, 0.15) is 0 Å². The molecule has 3 heteroatoms. The van der Waals surface area contributed by atoms with Gasteiger partial charge in [0.25, 0.3) is 0 Å². The third-order valence-corrected chi connectivity index (χ3v) is 2.80. The number of likely N-dealkylation sites (N-methyl/N-ethyl adjacent to an activating group) is 1. The van der Waals surface area contributed by atoms with Gasteiger partial charge in [0.15, 0.2) is 0 Å². The van der Waals surface area contributed by atoms with Crippen LogP contribution in [0, 0.1) is 11.3 Å². The molecule has 1 saturated heterocycles. The number of likely N-dealkylation sites (tertiary alicyclic amines) is 1. The Bertz CT molecular complexity index is 183. The molecule has 1 rings (SSSR count). The summed E-state index contributed by atoms with van der Waals surface area (Å²) in [6, 6.07) is 2.95. The highest BCUT2D eigenvalue weighted by Gasteiger charge is 2.25. The Kier molecular flexibility index (Phi) is 4.20. The summed E-state index contributed by atoms with van der Waals surface area (Å²) in [6.07, 6.45) is 3.78. The second-order valence-corrected chi connectivity index (χ2v) is 3.75. The molecule has 1 aliphatic heterocycles. The van der Waals surface area contributed by atoms with Crippen LogP contribution in [0.4, 0.5) is 0 Å². The minimum atomic E-state index is 0.0682. The zero-order valence-electron chi connectivity index (χ0n) is 8.58. The summed E-state index contributed by atoms with van der Waals surface area (Å²) < 4.78 is 0. The highest BCUT2D eigenvalue weighted by atomic mass is 15.2. The number of rotatable bonds is 3. The van der Waals surface area contributed by atoms with Crippen LogP contribution in [0.5, 0.6) is 0 Å². The molecule has 0 spiro atoms. The van der Waals surface area contributed by atoms with E-state index in [4.69, 9.17) is 5.26 Å². The summed E-state index contributed by atoms with van der Waals surface area (Å²) >= 11 is 0. The SMILES string of the molecule is CNCC1CCCCN1C(C)C#N. The van der Waals surface area contributed by atoms with Gasteiger partial charge in [0.2, 0.25) is 0 Å². The molecule has 0 saturated carbocycles. The maximum Gasteiger partial charge on any atom is 0.0952 e. The first-order valence-electron chi connectivity index (χ1n) is 5.09. The number of nitrogens with zero attached hydrogens (tertiary/aromatic N) is 2. The van der Waals surface area contributed by atoms with Crippen molar-refractivity contribution in [3.63, 3.8) is 0 Å². The Morgan fingerprint density at radius 1 is 1.62 bits per heavy atom. The van der Waals surface area contributed by atoms with Gasteiger partial charge in [-0.1, -0.05) is 6.42 Å². The zero-order chi connectivity index (χ0) is 9.68. The zero-order valence-corrected chi connectivity index (χ0v) is 8.58. The van der Waals surface area contributed by atoms with Crippen molar-refractivity contribution in [2.75, 3.05) is 20.1 Å². The first-order valence-corrected chi connectivity index (χ1v) is 5.09. The highest BCUT2D eigenvalue weighted by molar-refractivity contribution is 4.93. The molecule has 1 fully saturated rings. The first kappa shape index (κ1) is 10.5. The number of hydrogen-bond donors (Lipinski definition) is 1. The summed E-state index contributed by atoms with van der Waals surface area (Å²) in [5.41, 5.74) is 0. The number of nitriles is 1. The minimum Gasteiger partial charge on any atom is -0.318 e. The van der Waals surface area contributed by atoms with Crippen LogP contribution in [0.25, 0.3) is 0 Å². The van der Waals surface area contributed by atoms with Crippen LogP contribution in [0.15, 0.2) is 0 Å². The van der Waals surface area contributed by atoms with Crippen molar-refractivity contribution in [1.29, 1.82) is 5.26 Å². The van der Waals surface area contributed by atoms with Crippen molar-refractivity contribution < 1.29 is 0 Å². The molecule has 13 heavy (non-hydrogen) atoms. The summed E-state index contributed by atoms with van der Waals surface area (Å²) in [7, 11) is 1.98. The van der Waals surface area contributed by atoms with E-state index in [1.807, 2.05) is 14.0 Å². The van der Waals surface area contributed by atoms with Gasteiger partial charge in [-0.2, -0.15) is 5.26 Å². The van der Waals surface area contributed by atoms with Gasteiger partial charge in [-0.25, -0.2) is 0 Å². The molecule has 0 radical (unpaired) electrons. The Morgan fingerprint density at radius 3 is 3.00 bits per heavy atom. The van der Waals surface area contributed by atoms with Gasteiger partial charge >= 0.3 is 0 Å². The van der Waals surface area contributed by atoms with Crippen molar-refractivity contribution in [3.05, 3.63) is 0 Å². The lowest BCUT2D eigenvalue weighted by molar-refractivity contribution is 0.127.